The zero-order chi connectivity index (χ0) is 14.0. The zero-order valence-corrected chi connectivity index (χ0v) is 13.3. The maximum Gasteiger partial charge on any atom is 0.0525 e. The normalized spacial score (nSPS) is 27.7. The highest BCUT2D eigenvalue weighted by Crippen LogP contribution is 2.50. The highest BCUT2D eigenvalue weighted by Gasteiger charge is 2.54. The van der Waals surface area contributed by atoms with Crippen molar-refractivity contribution in [3.63, 3.8) is 0 Å². The van der Waals surface area contributed by atoms with Crippen LogP contribution in [0.15, 0.2) is 0 Å². The Morgan fingerprint density at radius 2 is 1.56 bits per heavy atom. The summed E-state index contributed by atoms with van der Waals surface area (Å²) in [5.41, 5.74) is -0.226. The van der Waals surface area contributed by atoms with Crippen LogP contribution < -0.4 is 0 Å². The van der Waals surface area contributed by atoms with Crippen LogP contribution in [0.5, 0.6) is 0 Å². The summed E-state index contributed by atoms with van der Waals surface area (Å²) in [5.74, 6) is 1.16. The lowest BCUT2D eigenvalue weighted by atomic mass is 9.63. The fourth-order valence-electron chi connectivity index (χ4n) is 4.32. The molecule has 1 unspecified atom stereocenters. The third-order valence-corrected chi connectivity index (χ3v) is 5.79. The Bertz CT molecular complexity index is 254. The molecule has 1 aliphatic rings. The molecule has 1 heterocycles. The molecule has 0 bridgehead atoms. The van der Waals surface area contributed by atoms with Gasteiger partial charge >= 0.3 is 0 Å². The Morgan fingerprint density at radius 1 is 1.06 bits per heavy atom. The number of hydroxylamine groups is 2. The Labute approximate surface area is 114 Å². The molecule has 1 atom stereocenters. The number of rotatable bonds is 5. The van der Waals surface area contributed by atoms with Crippen LogP contribution in [0, 0.1) is 11.8 Å². The average Bonchev–Trinajstić information content (AvgIpc) is 2.39. The van der Waals surface area contributed by atoms with Gasteiger partial charge in [0, 0.05) is 5.54 Å². The van der Waals surface area contributed by atoms with E-state index in [4.69, 9.17) is 0 Å². The number of hydrogen-bond donors (Lipinski definition) is 0. The van der Waals surface area contributed by atoms with Gasteiger partial charge in [0.1, 0.15) is 0 Å². The van der Waals surface area contributed by atoms with Gasteiger partial charge in [0.15, 0.2) is 0 Å². The first kappa shape index (κ1) is 16.0. The predicted octanol–water partition coefficient (Wildman–Crippen LogP) is 4.82. The summed E-state index contributed by atoms with van der Waals surface area (Å²) in [6, 6.07) is 0. The van der Waals surface area contributed by atoms with Crippen LogP contribution in [0.2, 0.25) is 0 Å². The molecule has 0 saturated carbocycles. The van der Waals surface area contributed by atoms with Gasteiger partial charge < -0.3 is 0 Å². The van der Waals surface area contributed by atoms with Gasteiger partial charge in [-0.1, -0.05) is 41.5 Å². The van der Waals surface area contributed by atoms with Gasteiger partial charge in [0.2, 0.25) is 0 Å². The SMILES string of the molecule is CCC1(CC)CCC(C(C)C)C(CC)(CC)N1[O]. The van der Waals surface area contributed by atoms with Crippen LogP contribution in [0.25, 0.3) is 0 Å². The van der Waals surface area contributed by atoms with Crippen LogP contribution in [-0.2, 0) is 5.21 Å². The van der Waals surface area contributed by atoms with E-state index in [1.165, 1.54) is 6.42 Å². The van der Waals surface area contributed by atoms with Crippen molar-refractivity contribution < 1.29 is 5.21 Å². The Hall–Kier alpha value is -0.0800. The standard InChI is InChI=1S/C16H32NO/c1-7-15(8-2)12-11-14(13(5)6)16(9-3,10-4)17(15)18/h13-14H,7-12H2,1-6H3. The van der Waals surface area contributed by atoms with Crippen molar-refractivity contribution in [3.05, 3.63) is 0 Å². The molecular formula is C16H32NO. The van der Waals surface area contributed by atoms with E-state index in [0.717, 1.165) is 32.1 Å². The van der Waals surface area contributed by atoms with Crippen molar-refractivity contribution in [2.24, 2.45) is 11.8 Å². The van der Waals surface area contributed by atoms with Crippen molar-refractivity contribution in [1.82, 2.24) is 5.06 Å². The molecule has 1 radical (unpaired) electrons. The van der Waals surface area contributed by atoms with Gasteiger partial charge in [-0.2, -0.15) is 0 Å². The second-order valence-electron chi connectivity index (χ2n) is 6.43. The molecule has 18 heavy (non-hydrogen) atoms. The van der Waals surface area contributed by atoms with E-state index in [-0.39, 0.29) is 11.1 Å². The summed E-state index contributed by atoms with van der Waals surface area (Å²) in [4.78, 5) is 0. The molecule has 0 aliphatic carbocycles. The van der Waals surface area contributed by atoms with Crippen molar-refractivity contribution >= 4 is 0 Å². The first-order valence-electron chi connectivity index (χ1n) is 7.91. The van der Waals surface area contributed by atoms with Gasteiger partial charge in [-0.15, -0.1) is 10.3 Å². The molecule has 0 aromatic rings. The third-order valence-electron chi connectivity index (χ3n) is 5.79. The Balaban J connectivity index is 3.17. The number of piperidine rings is 1. The molecule has 0 aromatic heterocycles. The van der Waals surface area contributed by atoms with Gasteiger partial charge in [0.05, 0.1) is 5.54 Å². The van der Waals surface area contributed by atoms with E-state index in [9.17, 15) is 5.21 Å². The van der Waals surface area contributed by atoms with Crippen LogP contribution in [0.1, 0.15) is 80.1 Å². The molecule has 1 saturated heterocycles. The van der Waals surface area contributed by atoms with E-state index in [1.54, 1.807) is 5.06 Å². The van der Waals surface area contributed by atoms with Gasteiger partial charge in [-0.25, -0.2) is 0 Å². The summed E-state index contributed by atoms with van der Waals surface area (Å²) in [6.07, 6.45) is 6.24. The average molecular weight is 254 g/mol. The maximum atomic E-state index is 13.1. The van der Waals surface area contributed by atoms with E-state index < -0.39 is 0 Å². The highest BCUT2D eigenvalue weighted by atomic mass is 16.5. The minimum atomic E-state index is -0.127. The largest absolute Gasteiger partial charge is 0.143 e. The minimum absolute atomic E-state index is 0.0998. The van der Waals surface area contributed by atoms with Gasteiger partial charge in [0.25, 0.3) is 0 Å². The van der Waals surface area contributed by atoms with Crippen LogP contribution in [0.4, 0.5) is 0 Å². The third kappa shape index (κ3) is 2.22. The Morgan fingerprint density at radius 3 is 1.89 bits per heavy atom. The molecule has 2 heteroatoms. The molecule has 2 nitrogen and oxygen atoms in total. The number of nitrogens with zero attached hydrogens (tertiary/aromatic N) is 1. The summed E-state index contributed by atoms with van der Waals surface area (Å²) in [5, 5.41) is 14.7. The second kappa shape index (κ2) is 5.92. The van der Waals surface area contributed by atoms with Crippen molar-refractivity contribution in [2.45, 2.75) is 91.1 Å². The molecule has 1 rings (SSSR count). The first-order valence-corrected chi connectivity index (χ1v) is 7.91. The predicted molar refractivity (Wildman–Crippen MR) is 76.7 cm³/mol. The smallest absolute Gasteiger partial charge is 0.0525 e. The topological polar surface area (TPSA) is 23.1 Å². The Kier molecular flexibility index (Phi) is 5.25. The van der Waals surface area contributed by atoms with Crippen LogP contribution in [0.3, 0.4) is 0 Å². The lowest BCUT2D eigenvalue weighted by Gasteiger charge is -2.57. The molecule has 1 fully saturated rings. The minimum Gasteiger partial charge on any atom is -0.143 e. The van der Waals surface area contributed by atoms with Crippen molar-refractivity contribution in [2.75, 3.05) is 0 Å². The van der Waals surface area contributed by atoms with Crippen LogP contribution >= 0.6 is 0 Å². The summed E-state index contributed by atoms with van der Waals surface area (Å²) in [7, 11) is 0. The highest BCUT2D eigenvalue weighted by molar-refractivity contribution is 5.04. The quantitative estimate of drug-likeness (QED) is 0.690. The molecule has 0 amide bonds. The van der Waals surface area contributed by atoms with Gasteiger partial charge in [-0.3, -0.25) is 0 Å². The lowest BCUT2D eigenvalue weighted by Crippen LogP contribution is -2.65. The van der Waals surface area contributed by atoms with Crippen molar-refractivity contribution in [3.8, 4) is 0 Å². The first-order chi connectivity index (χ1) is 8.44. The second-order valence-corrected chi connectivity index (χ2v) is 6.43. The van der Waals surface area contributed by atoms with E-state index in [0.29, 0.717) is 11.8 Å². The molecule has 107 valence electrons. The van der Waals surface area contributed by atoms with E-state index in [1.807, 2.05) is 0 Å². The van der Waals surface area contributed by atoms with Gasteiger partial charge in [-0.05, 0) is 50.4 Å². The fraction of sp³-hybridized carbons (Fsp3) is 1.00. The summed E-state index contributed by atoms with van der Waals surface area (Å²) in [6.45, 7) is 13.3. The lowest BCUT2D eigenvalue weighted by molar-refractivity contribution is -0.326. The monoisotopic (exact) mass is 254 g/mol. The molecule has 1 aliphatic heterocycles. The molecular weight excluding hydrogens is 222 g/mol. The molecule has 0 spiro atoms. The van der Waals surface area contributed by atoms with Crippen LogP contribution in [-0.4, -0.2) is 16.1 Å². The fourth-order valence-corrected chi connectivity index (χ4v) is 4.32. The molecule has 0 N–H and O–H groups in total. The van der Waals surface area contributed by atoms with Crippen molar-refractivity contribution in [1.29, 1.82) is 0 Å². The summed E-state index contributed by atoms with van der Waals surface area (Å²) < 4.78 is 0. The molecule has 0 aromatic carbocycles. The van der Waals surface area contributed by atoms with E-state index in [2.05, 4.69) is 41.5 Å². The zero-order valence-electron chi connectivity index (χ0n) is 13.3. The maximum absolute atomic E-state index is 13.1. The van der Waals surface area contributed by atoms with E-state index >= 15 is 0 Å². The summed E-state index contributed by atoms with van der Waals surface area (Å²) >= 11 is 0. The number of hydrogen-bond acceptors (Lipinski definition) is 1.